The number of rotatable bonds is 3. The molecule has 8 heteroatoms. The van der Waals surface area contributed by atoms with E-state index in [-0.39, 0.29) is 23.8 Å². The molecular formula is C22H24ClN3O3S. The van der Waals surface area contributed by atoms with E-state index in [2.05, 4.69) is 10.9 Å². The Labute approximate surface area is 184 Å². The Morgan fingerprint density at radius 2 is 1.90 bits per heavy atom. The summed E-state index contributed by atoms with van der Waals surface area (Å²) in [6.45, 7) is 1.92. The summed E-state index contributed by atoms with van der Waals surface area (Å²) in [7, 11) is 0. The fraction of sp³-hybridized carbons (Fsp3) is 0.409. The smallest absolute Gasteiger partial charge is 0.279 e. The van der Waals surface area contributed by atoms with E-state index >= 15 is 0 Å². The Hall–Kier alpha value is -2.38. The lowest BCUT2D eigenvalue weighted by atomic mass is 9.84. The van der Waals surface area contributed by atoms with Crippen molar-refractivity contribution < 1.29 is 14.4 Å². The van der Waals surface area contributed by atoms with Crippen LogP contribution in [0.4, 0.5) is 0 Å². The lowest BCUT2D eigenvalue weighted by molar-refractivity contribution is -0.126. The Kier molecular flexibility index (Phi) is 6.11. The number of hydrogen-bond acceptors (Lipinski definition) is 4. The summed E-state index contributed by atoms with van der Waals surface area (Å²) >= 11 is 7.44. The zero-order valence-corrected chi connectivity index (χ0v) is 18.3. The molecule has 1 saturated heterocycles. The summed E-state index contributed by atoms with van der Waals surface area (Å²) in [5.41, 5.74) is 5.51. The number of nitrogens with one attached hydrogen (secondary N) is 2. The van der Waals surface area contributed by atoms with Crippen LogP contribution in [0.1, 0.15) is 57.0 Å². The average Bonchev–Trinajstić information content (AvgIpc) is 3.35. The van der Waals surface area contributed by atoms with E-state index in [1.54, 1.807) is 35.2 Å². The normalized spacial score (nSPS) is 23.0. The molecule has 158 valence electrons. The molecule has 2 heterocycles. The predicted octanol–water partition coefficient (Wildman–Crippen LogP) is 3.94. The molecule has 3 amide bonds. The van der Waals surface area contributed by atoms with Crippen LogP contribution >= 0.6 is 22.9 Å². The van der Waals surface area contributed by atoms with Crippen LogP contribution in [0.3, 0.4) is 0 Å². The molecule has 1 aromatic heterocycles. The van der Waals surface area contributed by atoms with Crippen molar-refractivity contribution in [3.8, 4) is 0 Å². The van der Waals surface area contributed by atoms with E-state index in [1.807, 2.05) is 13.0 Å². The first kappa shape index (κ1) is 20.9. The highest BCUT2D eigenvalue weighted by molar-refractivity contribution is 7.13. The van der Waals surface area contributed by atoms with Gasteiger partial charge in [-0.05, 0) is 62.4 Å². The quantitative estimate of drug-likeness (QED) is 0.702. The van der Waals surface area contributed by atoms with Crippen molar-refractivity contribution in [3.05, 3.63) is 56.7 Å². The van der Waals surface area contributed by atoms with Crippen LogP contribution in [0.25, 0.3) is 0 Å². The van der Waals surface area contributed by atoms with Crippen LogP contribution in [0.2, 0.25) is 5.02 Å². The summed E-state index contributed by atoms with van der Waals surface area (Å²) in [4.78, 5) is 41.9. The number of benzene rings is 1. The monoisotopic (exact) mass is 445 g/mol. The maximum absolute atomic E-state index is 13.3. The third-order valence-corrected chi connectivity index (χ3v) is 7.19. The second-order valence-corrected chi connectivity index (χ2v) is 9.66. The van der Waals surface area contributed by atoms with Gasteiger partial charge in [-0.2, -0.15) is 0 Å². The zero-order valence-electron chi connectivity index (χ0n) is 16.7. The molecule has 2 N–H and O–H groups in total. The minimum atomic E-state index is -0.616. The summed E-state index contributed by atoms with van der Waals surface area (Å²) in [6, 6.07) is 9.82. The fourth-order valence-corrected chi connectivity index (χ4v) is 5.53. The number of fused-ring (bicyclic) bond motifs is 1. The maximum Gasteiger partial charge on any atom is 0.279 e. The van der Waals surface area contributed by atoms with E-state index in [1.165, 1.54) is 11.3 Å². The highest BCUT2D eigenvalue weighted by Crippen LogP contribution is 2.40. The van der Waals surface area contributed by atoms with Gasteiger partial charge in [-0.25, -0.2) is 0 Å². The second-order valence-electron chi connectivity index (χ2n) is 7.94. The minimum Gasteiger partial charge on any atom is -0.323 e. The topological polar surface area (TPSA) is 78.5 Å². The number of amides is 3. The third kappa shape index (κ3) is 4.23. The van der Waals surface area contributed by atoms with E-state index in [0.717, 1.165) is 30.6 Å². The van der Waals surface area contributed by atoms with Gasteiger partial charge in [-0.3, -0.25) is 25.2 Å². The van der Waals surface area contributed by atoms with E-state index in [9.17, 15) is 14.4 Å². The molecule has 2 fully saturated rings. The number of carbonyl (C=O) groups is 3. The van der Waals surface area contributed by atoms with Gasteiger partial charge >= 0.3 is 0 Å². The number of hydrogen-bond donors (Lipinski definition) is 2. The van der Waals surface area contributed by atoms with Gasteiger partial charge in [-0.1, -0.05) is 30.5 Å². The number of halogens is 1. The molecule has 1 aliphatic heterocycles. The Morgan fingerprint density at radius 3 is 2.63 bits per heavy atom. The van der Waals surface area contributed by atoms with Crippen molar-refractivity contribution in [1.82, 2.24) is 15.8 Å². The molecule has 30 heavy (non-hydrogen) atoms. The van der Waals surface area contributed by atoms with Crippen LogP contribution in [0.15, 0.2) is 36.4 Å². The molecular weight excluding hydrogens is 422 g/mol. The number of aryl methyl sites for hydroxylation is 1. The molecule has 0 radical (unpaired) electrons. The highest BCUT2D eigenvalue weighted by Gasteiger charge is 2.47. The van der Waals surface area contributed by atoms with Crippen LogP contribution in [0, 0.1) is 12.8 Å². The minimum absolute atomic E-state index is 0.0385. The summed E-state index contributed by atoms with van der Waals surface area (Å²) in [5, 5.41) is 0.486. The van der Waals surface area contributed by atoms with Gasteiger partial charge < -0.3 is 4.90 Å². The molecule has 3 unspecified atom stereocenters. The molecule has 0 bridgehead atoms. The van der Waals surface area contributed by atoms with Crippen molar-refractivity contribution in [3.63, 3.8) is 0 Å². The first-order valence-electron chi connectivity index (χ1n) is 10.2. The molecule has 1 saturated carbocycles. The van der Waals surface area contributed by atoms with Gasteiger partial charge in [0.1, 0.15) is 6.04 Å². The van der Waals surface area contributed by atoms with Gasteiger partial charge in [0, 0.05) is 21.5 Å². The van der Waals surface area contributed by atoms with Gasteiger partial charge in [0.05, 0.1) is 4.88 Å². The molecule has 0 spiro atoms. The number of likely N-dealkylation sites (tertiary alicyclic amines) is 1. The first-order chi connectivity index (χ1) is 14.4. The van der Waals surface area contributed by atoms with Gasteiger partial charge in [0.2, 0.25) is 0 Å². The van der Waals surface area contributed by atoms with Crippen molar-refractivity contribution in [2.45, 2.75) is 51.1 Å². The number of hydrazine groups is 1. The lowest BCUT2D eigenvalue weighted by Crippen LogP contribution is -2.53. The standard InChI is InChI=1S/C22H24ClN3O3S/c1-13-9-10-19(30-13)21(28)25-24-20(27)18-12-14-5-2-3-8-17(14)26(18)22(29)15-6-4-7-16(23)11-15/h4,6-7,9-11,14,17-18H,2-3,5,8,12H2,1H3,(H,24,27)(H,25,28). The maximum atomic E-state index is 13.3. The molecule has 3 atom stereocenters. The first-order valence-corrected chi connectivity index (χ1v) is 11.4. The van der Waals surface area contributed by atoms with Gasteiger partial charge in [-0.15, -0.1) is 11.3 Å². The second kappa shape index (κ2) is 8.78. The van der Waals surface area contributed by atoms with Crippen molar-refractivity contribution in [2.75, 3.05) is 0 Å². The number of nitrogens with zero attached hydrogens (tertiary/aromatic N) is 1. The molecule has 2 aromatic rings. The van der Waals surface area contributed by atoms with Crippen molar-refractivity contribution >= 4 is 40.7 Å². The number of thiophene rings is 1. The van der Waals surface area contributed by atoms with Crippen LogP contribution in [-0.2, 0) is 4.79 Å². The molecule has 4 rings (SSSR count). The van der Waals surface area contributed by atoms with Crippen LogP contribution in [-0.4, -0.2) is 34.7 Å². The van der Waals surface area contributed by atoms with Gasteiger partial charge in [0.25, 0.3) is 17.7 Å². The van der Waals surface area contributed by atoms with Crippen molar-refractivity contribution in [1.29, 1.82) is 0 Å². The fourth-order valence-electron chi connectivity index (χ4n) is 4.58. The SMILES string of the molecule is Cc1ccc(C(=O)NNC(=O)C2CC3CCCCC3N2C(=O)c2cccc(Cl)c2)s1. The van der Waals surface area contributed by atoms with E-state index < -0.39 is 6.04 Å². The van der Waals surface area contributed by atoms with Gasteiger partial charge in [0.15, 0.2) is 0 Å². The van der Waals surface area contributed by atoms with Crippen molar-refractivity contribution in [2.24, 2.45) is 5.92 Å². The average molecular weight is 446 g/mol. The molecule has 6 nitrogen and oxygen atoms in total. The van der Waals surface area contributed by atoms with Crippen LogP contribution < -0.4 is 10.9 Å². The molecule has 2 aliphatic rings. The highest BCUT2D eigenvalue weighted by atomic mass is 35.5. The van der Waals surface area contributed by atoms with E-state index in [0.29, 0.717) is 27.8 Å². The summed E-state index contributed by atoms with van der Waals surface area (Å²) in [5.74, 6) is -0.605. The van der Waals surface area contributed by atoms with Crippen LogP contribution in [0.5, 0.6) is 0 Å². The molecule has 1 aromatic carbocycles. The molecule has 1 aliphatic carbocycles. The zero-order chi connectivity index (χ0) is 21.3. The third-order valence-electron chi connectivity index (χ3n) is 5.96. The Bertz CT molecular complexity index is 976. The predicted molar refractivity (Wildman–Crippen MR) is 116 cm³/mol. The number of carbonyl (C=O) groups excluding carboxylic acids is 3. The van der Waals surface area contributed by atoms with E-state index in [4.69, 9.17) is 11.6 Å². The summed E-state index contributed by atoms with van der Waals surface area (Å²) < 4.78 is 0. The lowest BCUT2D eigenvalue weighted by Gasteiger charge is -2.33. The summed E-state index contributed by atoms with van der Waals surface area (Å²) in [6.07, 6.45) is 4.67. The largest absolute Gasteiger partial charge is 0.323 e. The Balaban J connectivity index is 1.51. The Morgan fingerprint density at radius 1 is 1.10 bits per heavy atom.